The molecular formula is C13H18ClN3OS. The second kappa shape index (κ2) is 6.05. The molecular weight excluding hydrogens is 282 g/mol. The van der Waals surface area contributed by atoms with Crippen molar-refractivity contribution in [3.63, 3.8) is 0 Å². The molecule has 1 saturated heterocycles. The Morgan fingerprint density at radius 1 is 1.53 bits per heavy atom. The van der Waals surface area contributed by atoms with Crippen LogP contribution in [0.2, 0.25) is 0 Å². The third-order valence-electron chi connectivity index (χ3n) is 3.41. The lowest BCUT2D eigenvalue weighted by Crippen LogP contribution is -2.55. The van der Waals surface area contributed by atoms with Crippen LogP contribution in [0.25, 0.3) is 10.8 Å². The van der Waals surface area contributed by atoms with Crippen molar-refractivity contribution in [3.05, 3.63) is 29.0 Å². The van der Waals surface area contributed by atoms with Crippen LogP contribution < -0.4 is 5.32 Å². The molecule has 1 fully saturated rings. The third kappa shape index (κ3) is 3.00. The fourth-order valence-corrected chi connectivity index (χ4v) is 2.68. The molecule has 1 N–H and O–H groups in total. The van der Waals surface area contributed by atoms with Crippen LogP contribution in [0.5, 0.6) is 0 Å². The van der Waals surface area contributed by atoms with Gasteiger partial charge in [0.2, 0.25) is 5.89 Å². The highest BCUT2D eigenvalue weighted by Crippen LogP contribution is 2.26. The van der Waals surface area contributed by atoms with Crippen LogP contribution >= 0.6 is 23.7 Å². The first-order valence-corrected chi connectivity index (χ1v) is 7.03. The first-order chi connectivity index (χ1) is 8.74. The molecule has 1 aliphatic rings. The Hall–Kier alpha value is -0.880. The van der Waals surface area contributed by atoms with Crippen LogP contribution in [0.15, 0.2) is 21.9 Å². The minimum atomic E-state index is 0. The van der Waals surface area contributed by atoms with E-state index in [4.69, 9.17) is 4.42 Å². The van der Waals surface area contributed by atoms with Crippen molar-refractivity contribution in [2.45, 2.75) is 19.5 Å². The van der Waals surface area contributed by atoms with Gasteiger partial charge in [0.1, 0.15) is 5.76 Å². The van der Waals surface area contributed by atoms with E-state index >= 15 is 0 Å². The van der Waals surface area contributed by atoms with Crippen molar-refractivity contribution in [3.8, 4) is 10.8 Å². The SMILES string of the molecule is Cc1oc(-c2cccs2)nc1CN(C)C1CNC1.Cl. The summed E-state index contributed by atoms with van der Waals surface area (Å²) >= 11 is 1.66. The highest BCUT2D eigenvalue weighted by Gasteiger charge is 2.23. The quantitative estimate of drug-likeness (QED) is 0.942. The van der Waals surface area contributed by atoms with Gasteiger partial charge in [0.05, 0.1) is 10.6 Å². The van der Waals surface area contributed by atoms with Gasteiger partial charge in [-0.15, -0.1) is 23.7 Å². The minimum Gasteiger partial charge on any atom is -0.440 e. The minimum absolute atomic E-state index is 0. The average molecular weight is 300 g/mol. The number of likely N-dealkylation sites (N-methyl/N-ethyl adjacent to an activating group) is 1. The molecule has 0 spiro atoms. The Labute approximate surface area is 123 Å². The van der Waals surface area contributed by atoms with Gasteiger partial charge in [-0.25, -0.2) is 4.98 Å². The van der Waals surface area contributed by atoms with Crippen LogP contribution in [-0.4, -0.2) is 36.1 Å². The van der Waals surface area contributed by atoms with Gasteiger partial charge in [-0.3, -0.25) is 4.90 Å². The molecule has 0 amide bonds. The molecule has 3 heterocycles. The maximum absolute atomic E-state index is 5.75. The number of nitrogens with zero attached hydrogens (tertiary/aromatic N) is 2. The molecule has 19 heavy (non-hydrogen) atoms. The lowest BCUT2D eigenvalue weighted by Gasteiger charge is -2.35. The van der Waals surface area contributed by atoms with Crippen LogP contribution in [0, 0.1) is 6.92 Å². The largest absolute Gasteiger partial charge is 0.440 e. The summed E-state index contributed by atoms with van der Waals surface area (Å²) in [6, 6.07) is 4.69. The zero-order valence-corrected chi connectivity index (χ0v) is 12.7. The van der Waals surface area contributed by atoms with E-state index in [1.807, 2.05) is 24.4 Å². The van der Waals surface area contributed by atoms with E-state index in [1.165, 1.54) is 0 Å². The van der Waals surface area contributed by atoms with Crippen LogP contribution in [0.3, 0.4) is 0 Å². The Bertz CT molecular complexity index is 522. The lowest BCUT2D eigenvalue weighted by atomic mass is 10.1. The van der Waals surface area contributed by atoms with Crippen molar-refractivity contribution in [1.82, 2.24) is 15.2 Å². The molecule has 0 bridgehead atoms. The van der Waals surface area contributed by atoms with Gasteiger partial charge in [0, 0.05) is 25.7 Å². The number of aromatic nitrogens is 1. The molecule has 0 atom stereocenters. The number of oxazole rings is 1. The number of rotatable bonds is 4. The monoisotopic (exact) mass is 299 g/mol. The maximum atomic E-state index is 5.75. The molecule has 0 unspecified atom stereocenters. The second-order valence-corrected chi connectivity index (χ2v) is 5.67. The van der Waals surface area contributed by atoms with Gasteiger partial charge < -0.3 is 9.73 Å². The summed E-state index contributed by atoms with van der Waals surface area (Å²) in [6.07, 6.45) is 0. The van der Waals surface area contributed by atoms with E-state index in [2.05, 4.69) is 22.2 Å². The van der Waals surface area contributed by atoms with Crippen molar-refractivity contribution in [1.29, 1.82) is 0 Å². The van der Waals surface area contributed by atoms with Gasteiger partial charge in [0.15, 0.2) is 0 Å². The predicted molar refractivity (Wildman–Crippen MR) is 79.9 cm³/mol. The van der Waals surface area contributed by atoms with Gasteiger partial charge in [-0.1, -0.05) is 6.07 Å². The Morgan fingerprint density at radius 3 is 2.89 bits per heavy atom. The van der Waals surface area contributed by atoms with Crippen molar-refractivity contribution in [2.75, 3.05) is 20.1 Å². The number of halogens is 1. The second-order valence-electron chi connectivity index (χ2n) is 4.73. The summed E-state index contributed by atoms with van der Waals surface area (Å²) in [7, 11) is 2.14. The molecule has 2 aromatic heterocycles. The van der Waals surface area contributed by atoms with Crippen molar-refractivity contribution >= 4 is 23.7 Å². The number of nitrogens with one attached hydrogen (secondary N) is 1. The number of hydrogen-bond donors (Lipinski definition) is 1. The first kappa shape index (κ1) is 14.5. The average Bonchev–Trinajstić information content (AvgIpc) is 2.86. The van der Waals surface area contributed by atoms with Gasteiger partial charge in [-0.2, -0.15) is 0 Å². The lowest BCUT2D eigenvalue weighted by molar-refractivity contribution is 0.171. The van der Waals surface area contributed by atoms with E-state index in [0.717, 1.165) is 41.9 Å². The zero-order chi connectivity index (χ0) is 12.5. The first-order valence-electron chi connectivity index (χ1n) is 6.15. The molecule has 0 aromatic carbocycles. The Balaban J connectivity index is 0.00000133. The highest BCUT2D eigenvalue weighted by molar-refractivity contribution is 7.13. The van der Waals surface area contributed by atoms with Crippen molar-refractivity contribution < 1.29 is 4.42 Å². The molecule has 104 valence electrons. The Morgan fingerprint density at radius 2 is 2.32 bits per heavy atom. The zero-order valence-electron chi connectivity index (χ0n) is 11.0. The number of hydrogen-bond acceptors (Lipinski definition) is 5. The standard InChI is InChI=1S/C13H17N3OS.ClH/c1-9-11(8-16(2)10-6-14-7-10)15-13(17-9)12-4-3-5-18-12;/h3-5,10,14H,6-8H2,1-2H3;1H. The Kier molecular flexibility index (Phi) is 4.62. The summed E-state index contributed by atoms with van der Waals surface area (Å²) in [5, 5.41) is 5.33. The fourth-order valence-electron chi connectivity index (χ4n) is 2.03. The van der Waals surface area contributed by atoms with E-state index in [0.29, 0.717) is 6.04 Å². The maximum Gasteiger partial charge on any atom is 0.236 e. The van der Waals surface area contributed by atoms with E-state index in [-0.39, 0.29) is 12.4 Å². The smallest absolute Gasteiger partial charge is 0.236 e. The van der Waals surface area contributed by atoms with E-state index < -0.39 is 0 Å². The highest BCUT2D eigenvalue weighted by atomic mass is 35.5. The molecule has 6 heteroatoms. The molecule has 4 nitrogen and oxygen atoms in total. The molecule has 3 rings (SSSR count). The summed E-state index contributed by atoms with van der Waals surface area (Å²) in [6.45, 7) is 5.00. The molecule has 2 aromatic rings. The van der Waals surface area contributed by atoms with Crippen LogP contribution in [-0.2, 0) is 6.54 Å². The summed E-state index contributed by atoms with van der Waals surface area (Å²) in [5.41, 5.74) is 1.05. The molecule has 0 radical (unpaired) electrons. The molecule has 0 aliphatic carbocycles. The number of thiophene rings is 1. The summed E-state index contributed by atoms with van der Waals surface area (Å²) in [5.74, 6) is 1.68. The van der Waals surface area contributed by atoms with E-state index in [9.17, 15) is 0 Å². The fraction of sp³-hybridized carbons (Fsp3) is 0.462. The summed E-state index contributed by atoms with van der Waals surface area (Å²) < 4.78 is 5.75. The van der Waals surface area contributed by atoms with E-state index in [1.54, 1.807) is 11.3 Å². The number of aryl methyl sites for hydroxylation is 1. The van der Waals surface area contributed by atoms with Crippen molar-refractivity contribution in [2.24, 2.45) is 0 Å². The van der Waals surface area contributed by atoms with Gasteiger partial charge in [-0.05, 0) is 25.4 Å². The van der Waals surface area contributed by atoms with Gasteiger partial charge >= 0.3 is 0 Å². The topological polar surface area (TPSA) is 41.3 Å². The van der Waals surface area contributed by atoms with Gasteiger partial charge in [0.25, 0.3) is 0 Å². The predicted octanol–water partition coefficient (Wildman–Crippen LogP) is 2.54. The van der Waals surface area contributed by atoms with Crippen LogP contribution in [0.1, 0.15) is 11.5 Å². The third-order valence-corrected chi connectivity index (χ3v) is 4.26. The normalized spacial score (nSPS) is 15.3. The molecule has 1 aliphatic heterocycles. The van der Waals surface area contributed by atoms with Crippen LogP contribution in [0.4, 0.5) is 0 Å². The summed E-state index contributed by atoms with van der Waals surface area (Å²) in [4.78, 5) is 8.04. The molecule has 0 saturated carbocycles.